The van der Waals surface area contributed by atoms with E-state index in [0.717, 1.165) is 45.6 Å². The van der Waals surface area contributed by atoms with Gasteiger partial charge in [0.15, 0.2) is 5.78 Å². The Balaban J connectivity index is 1.40. The largest absolute Gasteiger partial charge is 0.494 e. The number of carbonyl (C=O) groups excluding carboxylic acids is 16. The molecule has 1 aromatic heterocycles. The van der Waals surface area contributed by atoms with E-state index < -0.39 is 255 Å². The van der Waals surface area contributed by atoms with Crippen molar-refractivity contribution in [2.24, 2.45) is 17.4 Å². The normalized spacial score (nSPS) is 20.4. The number of hydrogen-bond acceptors (Lipinski definition) is 25. The molecule has 4 aromatic carbocycles. The van der Waals surface area contributed by atoms with Crippen LogP contribution < -0.4 is 91.1 Å². The van der Waals surface area contributed by atoms with Crippen LogP contribution in [0.5, 0.6) is 5.75 Å². The van der Waals surface area contributed by atoms with Crippen molar-refractivity contribution in [2.75, 3.05) is 38.6 Å². The van der Waals surface area contributed by atoms with Gasteiger partial charge in [-0.2, -0.15) is 0 Å². The van der Waals surface area contributed by atoms with Crippen LogP contribution in [0.2, 0.25) is 0 Å². The van der Waals surface area contributed by atoms with Crippen LogP contribution in [-0.4, -0.2) is 254 Å². The minimum atomic E-state index is -2.47. The summed E-state index contributed by atoms with van der Waals surface area (Å²) in [6.45, 7) is 1.81. The first-order valence-electron chi connectivity index (χ1n) is 39.6. The van der Waals surface area contributed by atoms with E-state index in [0.29, 0.717) is 34.4 Å². The van der Waals surface area contributed by atoms with Crippen LogP contribution in [0, 0.1) is 5.92 Å². The highest BCUT2D eigenvalue weighted by molar-refractivity contribution is 6.06. The zero-order chi connectivity index (χ0) is 92.3. The SMILES string of the molecule is CCCCCOc1ccc(-c2ccc(C(=O)N[C@@H](Cc3c[nH]c4ccccc34)C(=O)N[C@H](CC(N)=O)C(=O)N[C@@H](CC(=O)O)C(=O)N[C@@H]3C(=O)NCC(=O)N[C@@H](CCCCN)C(=O)N[C@@H](CC(=O)O)C(=O)N[C@H](C)C(=O)N[C@@H](CC(=O)O)C(=O)NCC(=O)N[C@H](CO)C(=O)N[C@@H]([C@H](C)CC(=O)O)C(=O)N[C@@H](CC(=O)c4ccccc4N)C(=O)O[C@@H]3C)cc2)cc1. The molecule has 674 valence electrons. The number of benzene rings is 4. The Kier molecular flexibility index (Phi) is 38.8. The van der Waals surface area contributed by atoms with Crippen molar-refractivity contribution in [3.05, 3.63) is 120 Å². The number of carbonyl (C=O) groups is 20. The number of anilines is 1. The van der Waals surface area contributed by atoms with Gasteiger partial charge in [0.25, 0.3) is 5.91 Å². The highest BCUT2D eigenvalue weighted by Crippen LogP contribution is 2.25. The summed E-state index contributed by atoms with van der Waals surface area (Å²) in [6.07, 6.45) is -5.31. The molecule has 0 unspecified atom stereocenters. The van der Waals surface area contributed by atoms with E-state index in [4.69, 9.17) is 26.7 Å². The topological polar surface area (TPSA) is 711 Å². The molecule has 1 fully saturated rings. The molecule has 44 nitrogen and oxygen atoms in total. The molecule has 2 heterocycles. The maximum absolute atomic E-state index is 14.9. The fourth-order valence-corrected chi connectivity index (χ4v) is 12.7. The van der Waals surface area contributed by atoms with E-state index in [9.17, 15) is 121 Å². The van der Waals surface area contributed by atoms with Gasteiger partial charge in [-0.1, -0.05) is 81.3 Å². The van der Waals surface area contributed by atoms with Gasteiger partial charge in [-0.15, -0.1) is 0 Å². The van der Waals surface area contributed by atoms with Gasteiger partial charge < -0.3 is 126 Å². The second-order valence-electron chi connectivity index (χ2n) is 29.3. The molecule has 0 radical (unpaired) electrons. The lowest BCUT2D eigenvalue weighted by atomic mass is 9.96. The summed E-state index contributed by atoms with van der Waals surface area (Å²) in [4.78, 5) is 279. The van der Waals surface area contributed by atoms with Crippen molar-refractivity contribution in [3.8, 4) is 16.9 Å². The first kappa shape index (κ1) is 99.4. The number of aromatic amines is 1. The number of nitrogens with one attached hydrogen (secondary N) is 14. The quantitative estimate of drug-likeness (QED) is 0.00800. The second-order valence-corrected chi connectivity index (χ2v) is 29.3. The molecule has 44 heteroatoms. The van der Waals surface area contributed by atoms with Crippen LogP contribution in [0.25, 0.3) is 22.0 Å². The number of carboxylic acid groups (broad SMARTS) is 4. The molecule has 0 saturated carbocycles. The first-order valence-corrected chi connectivity index (χ1v) is 39.6. The van der Waals surface area contributed by atoms with Crippen LogP contribution in [0.15, 0.2) is 103 Å². The lowest BCUT2D eigenvalue weighted by Gasteiger charge is -2.30. The maximum Gasteiger partial charge on any atom is 0.329 e. The van der Waals surface area contributed by atoms with Crippen molar-refractivity contribution < 1.29 is 131 Å². The summed E-state index contributed by atoms with van der Waals surface area (Å²) in [7, 11) is 0. The number of ketones is 1. The van der Waals surface area contributed by atoms with Crippen LogP contribution in [0.4, 0.5) is 5.69 Å². The third-order valence-electron chi connectivity index (χ3n) is 19.4. The number of hydrogen-bond donors (Lipinski definition) is 22. The van der Waals surface area contributed by atoms with E-state index in [1.807, 2.05) is 28.1 Å². The van der Waals surface area contributed by atoms with E-state index >= 15 is 0 Å². The number of unbranched alkanes of at least 4 members (excludes halogenated alkanes) is 3. The number of aliphatic carboxylic acids is 4. The molecular weight excluding hydrogens is 1640 g/mol. The number of cyclic esters (lactones) is 1. The monoisotopic (exact) mass is 1750 g/mol. The molecule has 0 aliphatic carbocycles. The number of aliphatic hydroxyl groups is 1. The molecule has 1 aliphatic rings. The number of carboxylic acids is 4. The number of H-pyrrole nitrogens is 1. The molecule has 25 N–H and O–H groups in total. The number of amides is 14. The third kappa shape index (κ3) is 31.8. The number of fused-ring (bicyclic) bond motifs is 1. The smallest absolute Gasteiger partial charge is 0.329 e. The minimum Gasteiger partial charge on any atom is -0.494 e. The van der Waals surface area contributed by atoms with E-state index in [-0.39, 0.29) is 49.0 Å². The minimum absolute atomic E-state index is 0.00397. The summed E-state index contributed by atoms with van der Waals surface area (Å²) in [5, 5.41) is 79.0. The third-order valence-corrected chi connectivity index (χ3v) is 19.4. The number of nitrogen functional groups attached to an aromatic ring is 1. The molecule has 125 heavy (non-hydrogen) atoms. The van der Waals surface area contributed by atoms with Crippen LogP contribution in [0.3, 0.4) is 0 Å². The number of rotatable bonds is 35. The van der Waals surface area contributed by atoms with Gasteiger partial charge in [0.1, 0.15) is 78.3 Å². The highest BCUT2D eigenvalue weighted by atomic mass is 16.5. The van der Waals surface area contributed by atoms with Crippen molar-refractivity contribution in [2.45, 2.75) is 184 Å². The number of primary amides is 1. The van der Waals surface area contributed by atoms with Crippen molar-refractivity contribution in [1.82, 2.24) is 74.1 Å². The number of ether oxygens (including phenoxy) is 2. The first-order chi connectivity index (χ1) is 59.3. The molecule has 13 atom stereocenters. The molecule has 0 bridgehead atoms. The number of esters is 1. The van der Waals surface area contributed by atoms with Gasteiger partial charge in [0, 0.05) is 46.8 Å². The van der Waals surface area contributed by atoms with Crippen LogP contribution >= 0.6 is 0 Å². The Bertz CT molecular complexity index is 4770. The molecule has 1 saturated heterocycles. The van der Waals surface area contributed by atoms with Crippen molar-refractivity contribution in [3.63, 3.8) is 0 Å². The Labute approximate surface area is 713 Å². The predicted octanol–water partition coefficient (Wildman–Crippen LogP) is -3.82. The number of para-hydroxylation sites is 2. The Morgan fingerprint density at radius 3 is 1.70 bits per heavy atom. The Morgan fingerprint density at radius 1 is 0.544 bits per heavy atom. The second kappa shape index (κ2) is 48.8. The molecule has 14 amide bonds. The van der Waals surface area contributed by atoms with Gasteiger partial charge in [-0.05, 0) is 111 Å². The summed E-state index contributed by atoms with van der Waals surface area (Å²) < 4.78 is 11.6. The summed E-state index contributed by atoms with van der Waals surface area (Å²) >= 11 is 0. The zero-order valence-electron chi connectivity index (χ0n) is 68.5. The predicted molar refractivity (Wildman–Crippen MR) is 438 cm³/mol. The summed E-state index contributed by atoms with van der Waals surface area (Å²) in [5.74, 6) is -29.6. The molecule has 0 spiro atoms. The lowest BCUT2D eigenvalue weighted by Crippen LogP contribution is -2.62. The maximum atomic E-state index is 14.9. The van der Waals surface area contributed by atoms with Gasteiger partial charge in [-0.25, -0.2) is 4.79 Å². The van der Waals surface area contributed by atoms with Gasteiger partial charge in [0.2, 0.25) is 76.8 Å². The van der Waals surface area contributed by atoms with Crippen LogP contribution in [0.1, 0.15) is 131 Å². The Hall–Kier alpha value is -14.5. The molecular formula is C81H103N17O27. The molecule has 6 rings (SSSR count). The lowest BCUT2D eigenvalue weighted by molar-refractivity contribution is -0.156. The average Bonchev–Trinajstić information content (AvgIpc) is 0.962. The number of aromatic nitrogens is 1. The fourth-order valence-electron chi connectivity index (χ4n) is 12.7. The van der Waals surface area contributed by atoms with Gasteiger partial charge >= 0.3 is 29.8 Å². The standard InChI is InChI=1S/C81H103N17O27/c1-5-6-13-28-124-47-25-23-44(24-26-47)43-19-21-45(22-20-43)71(113)92-53(30-46-36-85-51-17-10-8-14-48(46)51)75(117)93-54(32-61(84)101)76(118)95-57(35-67(110)111)77(119)98-69-42(4)125-81(123)58(31-60(100)49-15-7-9-16-50(49)83)96-80(122)68(40(2)29-64(104)105)97-78(120)59(39-99)90-63(103)37-86-72(114)55(33-65(106)107)91-70(112)41(3)88-74(116)56(34-66(108)109)94-73(115)52(18-11-12-27-82)89-62(102)38-87-79(69)121/h7-10,14-17,19-26,36,40-42,52-59,68-69,85,99H,5-6,11-13,18,27-35,37-39,82-83H2,1-4H3,(H2,84,101)(H,86,114)(H,87,121)(H,88,116)(H,89,102)(H,90,103)(H,91,112)(H,92,113)(H,93,117)(H,94,115)(H,95,118)(H,96,122)(H,97,120)(H,98,119)(H,104,105)(H,106,107)(H,108,109)(H,110,111)/t40-,41-,42-,52+,53+,54-,55+,56+,57+,58+,59-,68+,69+/m1/s1. The fraction of sp³-hybridized carbons (Fsp3) is 0.432. The summed E-state index contributed by atoms with van der Waals surface area (Å²) in [6, 6.07) is 2.61. The molecule has 1 aliphatic heterocycles. The van der Waals surface area contributed by atoms with Crippen LogP contribution in [-0.2, 0) is 97.5 Å². The highest BCUT2D eigenvalue weighted by Gasteiger charge is 2.41. The number of nitrogens with two attached hydrogens (primary N) is 3. The van der Waals surface area contributed by atoms with E-state index in [2.05, 4.69) is 65.1 Å². The Morgan fingerprint density at radius 2 is 1.10 bits per heavy atom. The van der Waals surface area contributed by atoms with E-state index in [1.165, 1.54) is 36.4 Å². The number of Topliss-reactive ketones (excluding diaryl/α,β-unsaturated/α-hetero) is 1. The summed E-state index contributed by atoms with van der Waals surface area (Å²) in [5.41, 5.74) is 19.6. The van der Waals surface area contributed by atoms with Crippen molar-refractivity contribution in [1.29, 1.82) is 0 Å². The van der Waals surface area contributed by atoms with Gasteiger partial charge in [0.05, 0.1) is 58.4 Å². The van der Waals surface area contributed by atoms with E-state index in [1.54, 1.807) is 54.7 Å². The zero-order valence-corrected chi connectivity index (χ0v) is 68.5. The van der Waals surface area contributed by atoms with Crippen molar-refractivity contribution >= 4 is 135 Å². The van der Waals surface area contributed by atoms with Gasteiger partial charge in [-0.3, -0.25) is 91.1 Å². The molecule has 5 aromatic rings. The average molecular weight is 1750 g/mol. The number of aliphatic hydroxyl groups excluding tert-OH is 1.